The van der Waals surface area contributed by atoms with Gasteiger partial charge in [-0.25, -0.2) is 0 Å². The summed E-state index contributed by atoms with van der Waals surface area (Å²) in [5, 5.41) is 9.35. The van der Waals surface area contributed by atoms with Crippen LogP contribution in [0.15, 0.2) is 42.5 Å². The Morgan fingerprint density at radius 1 is 0.964 bits per heavy atom. The van der Waals surface area contributed by atoms with Crippen LogP contribution in [0.3, 0.4) is 0 Å². The minimum Gasteiger partial charge on any atom is -0.497 e. The van der Waals surface area contributed by atoms with Crippen LogP contribution in [0, 0.1) is 5.92 Å². The highest BCUT2D eigenvalue weighted by Crippen LogP contribution is 2.42. The zero-order valence-electron chi connectivity index (χ0n) is 16.6. The first-order valence-electron chi connectivity index (χ1n) is 9.40. The Morgan fingerprint density at radius 3 is 2.00 bits per heavy atom. The number of rotatable bonds is 7. The second-order valence-electron chi connectivity index (χ2n) is 6.90. The number of hydrogen-bond acceptors (Lipinski definition) is 5. The Bertz CT molecular complexity index is 775. The van der Waals surface area contributed by atoms with E-state index in [-0.39, 0.29) is 12.0 Å². The first-order valence-corrected chi connectivity index (χ1v) is 9.40. The number of carboxylic acid groups (broad SMARTS) is 1. The van der Waals surface area contributed by atoms with Crippen molar-refractivity contribution in [2.75, 3.05) is 34.4 Å². The third-order valence-electron chi connectivity index (χ3n) is 5.41. The van der Waals surface area contributed by atoms with Gasteiger partial charge in [0.15, 0.2) is 0 Å². The largest absolute Gasteiger partial charge is 0.497 e. The van der Waals surface area contributed by atoms with Gasteiger partial charge in [-0.05, 0) is 55.8 Å². The first kappa shape index (κ1) is 20.0. The van der Waals surface area contributed by atoms with Gasteiger partial charge in [-0.15, -0.1) is 0 Å². The Kier molecular flexibility index (Phi) is 6.41. The van der Waals surface area contributed by atoms with Crippen molar-refractivity contribution in [2.24, 2.45) is 5.92 Å². The van der Waals surface area contributed by atoms with E-state index in [1.165, 1.54) is 0 Å². The molecule has 1 aliphatic heterocycles. The number of carboxylic acids is 1. The molecule has 0 aromatic heterocycles. The SMILES string of the molecule is COc1ccc(C(c2c(OC)cccc2OC)N2CCC(C(=O)O)CC2)cc1. The normalized spacial score (nSPS) is 16.4. The standard InChI is InChI=1S/C22H27NO5/c1-26-17-9-7-15(8-10-17)21(23-13-11-16(12-14-23)22(24)25)20-18(27-2)5-4-6-19(20)28-3/h4-10,16,21H,11-14H2,1-3H3,(H,24,25). The van der Waals surface area contributed by atoms with Crippen molar-refractivity contribution < 1.29 is 24.1 Å². The maximum atomic E-state index is 11.4. The summed E-state index contributed by atoms with van der Waals surface area (Å²) >= 11 is 0. The molecule has 0 amide bonds. The van der Waals surface area contributed by atoms with Crippen molar-refractivity contribution in [2.45, 2.75) is 18.9 Å². The predicted molar refractivity (Wildman–Crippen MR) is 106 cm³/mol. The molecule has 0 aliphatic carbocycles. The summed E-state index contributed by atoms with van der Waals surface area (Å²) in [5.74, 6) is 1.29. The van der Waals surface area contributed by atoms with Crippen LogP contribution in [0.1, 0.15) is 30.0 Å². The van der Waals surface area contributed by atoms with Crippen LogP contribution in [-0.4, -0.2) is 50.4 Å². The number of benzene rings is 2. The summed E-state index contributed by atoms with van der Waals surface area (Å²) in [6.45, 7) is 1.38. The summed E-state index contributed by atoms with van der Waals surface area (Å²) < 4.78 is 16.6. The van der Waals surface area contributed by atoms with Gasteiger partial charge in [0.1, 0.15) is 17.2 Å². The van der Waals surface area contributed by atoms with Gasteiger partial charge in [-0.1, -0.05) is 18.2 Å². The van der Waals surface area contributed by atoms with E-state index in [1.54, 1.807) is 21.3 Å². The van der Waals surface area contributed by atoms with E-state index in [9.17, 15) is 9.90 Å². The number of nitrogens with zero attached hydrogens (tertiary/aromatic N) is 1. The number of carbonyl (C=O) groups is 1. The predicted octanol–water partition coefficient (Wildman–Crippen LogP) is 3.60. The summed E-state index contributed by atoms with van der Waals surface area (Å²) in [4.78, 5) is 13.7. The van der Waals surface area contributed by atoms with Crippen LogP contribution >= 0.6 is 0 Å². The minimum atomic E-state index is -0.712. The molecule has 0 radical (unpaired) electrons. The van der Waals surface area contributed by atoms with Crippen molar-refractivity contribution in [1.82, 2.24) is 4.90 Å². The zero-order chi connectivity index (χ0) is 20.1. The summed E-state index contributed by atoms with van der Waals surface area (Å²) in [7, 11) is 4.95. The maximum Gasteiger partial charge on any atom is 0.306 e. The third-order valence-corrected chi connectivity index (χ3v) is 5.41. The number of aliphatic carboxylic acids is 1. The summed E-state index contributed by atoms with van der Waals surface area (Å²) in [5.41, 5.74) is 2.03. The van der Waals surface area contributed by atoms with Gasteiger partial charge >= 0.3 is 5.97 Å². The van der Waals surface area contributed by atoms with Crippen LogP contribution in [0.5, 0.6) is 17.2 Å². The smallest absolute Gasteiger partial charge is 0.306 e. The van der Waals surface area contributed by atoms with E-state index in [0.29, 0.717) is 25.9 Å². The molecule has 150 valence electrons. The van der Waals surface area contributed by atoms with E-state index in [0.717, 1.165) is 28.4 Å². The lowest BCUT2D eigenvalue weighted by atomic mass is 9.90. The second-order valence-corrected chi connectivity index (χ2v) is 6.90. The topological polar surface area (TPSA) is 68.2 Å². The monoisotopic (exact) mass is 385 g/mol. The lowest BCUT2D eigenvalue weighted by molar-refractivity contribution is -0.143. The van der Waals surface area contributed by atoms with Crippen molar-refractivity contribution in [3.8, 4) is 17.2 Å². The van der Waals surface area contributed by atoms with Gasteiger partial charge < -0.3 is 19.3 Å². The molecule has 0 saturated carbocycles. The van der Waals surface area contributed by atoms with E-state index in [1.807, 2.05) is 42.5 Å². The van der Waals surface area contributed by atoms with E-state index >= 15 is 0 Å². The molecule has 3 rings (SSSR count). The second kappa shape index (κ2) is 8.97. The van der Waals surface area contributed by atoms with Crippen LogP contribution < -0.4 is 14.2 Å². The maximum absolute atomic E-state index is 11.4. The zero-order valence-corrected chi connectivity index (χ0v) is 16.6. The van der Waals surface area contributed by atoms with E-state index < -0.39 is 5.97 Å². The lowest BCUT2D eigenvalue weighted by Crippen LogP contribution is -2.39. The average Bonchev–Trinajstić information content (AvgIpc) is 2.74. The third kappa shape index (κ3) is 4.07. The van der Waals surface area contributed by atoms with Crippen LogP contribution in [0.4, 0.5) is 0 Å². The molecule has 2 aromatic carbocycles. The fourth-order valence-corrected chi connectivity index (χ4v) is 3.90. The quantitative estimate of drug-likeness (QED) is 0.785. The summed E-state index contributed by atoms with van der Waals surface area (Å²) in [6, 6.07) is 13.6. The van der Waals surface area contributed by atoms with Gasteiger partial charge in [-0.2, -0.15) is 0 Å². The molecule has 1 fully saturated rings. The number of methoxy groups -OCH3 is 3. The minimum absolute atomic E-state index is 0.105. The number of likely N-dealkylation sites (tertiary alicyclic amines) is 1. The van der Waals surface area contributed by atoms with Gasteiger partial charge in [0.25, 0.3) is 0 Å². The molecule has 0 spiro atoms. The van der Waals surface area contributed by atoms with Crippen molar-refractivity contribution >= 4 is 5.97 Å². The van der Waals surface area contributed by atoms with Gasteiger partial charge in [-0.3, -0.25) is 9.69 Å². The average molecular weight is 385 g/mol. The van der Waals surface area contributed by atoms with E-state index in [4.69, 9.17) is 14.2 Å². The molecule has 1 atom stereocenters. The molecule has 0 bridgehead atoms. The molecular formula is C22H27NO5. The van der Waals surface area contributed by atoms with Crippen LogP contribution in [0.2, 0.25) is 0 Å². The molecule has 1 heterocycles. The molecule has 1 N–H and O–H groups in total. The highest BCUT2D eigenvalue weighted by Gasteiger charge is 2.33. The Balaban J connectivity index is 2.04. The Morgan fingerprint density at radius 2 is 1.54 bits per heavy atom. The van der Waals surface area contributed by atoms with Crippen molar-refractivity contribution in [3.05, 3.63) is 53.6 Å². The van der Waals surface area contributed by atoms with Gasteiger partial charge in [0, 0.05) is 0 Å². The van der Waals surface area contributed by atoms with Gasteiger partial charge in [0.05, 0.1) is 38.9 Å². The Labute approximate surface area is 165 Å². The molecule has 28 heavy (non-hydrogen) atoms. The van der Waals surface area contributed by atoms with Crippen molar-refractivity contribution in [1.29, 1.82) is 0 Å². The van der Waals surface area contributed by atoms with Crippen LogP contribution in [-0.2, 0) is 4.79 Å². The van der Waals surface area contributed by atoms with E-state index in [2.05, 4.69) is 4.90 Å². The highest BCUT2D eigenvalue weighted by molar-refractivity contribution is 5.70. The number of piperidine rings is 1. The molecule has 1 unspecified atom stereocenters. The van der Waals surface area contributed by atoms with Crippen molar-refractivity contribution in [3.63, 3.8) is 0 Å². The molecule has 1 aliphatic rings. The Hall–Kier alpha value is -2.73. The molecule has 6 heteroatoms. The molecule has 6 nitrogen and oxygen atoms in total. The fraction of sp³-hybridized carbons (Fsp3) is 0.409. The summed E-state index contributed by atoms with van der Waals surface area (Å²) in [6.07, 6.45) is 1.25. The van der Waals surface area contributed by atoms with Crippen LogP contribution in [0.25, 0.3) is 0 Å². The number of ether oxygens (including phenoxy) is 3. The lowest BCUT2D eigenvalue weighted by Gasteiger charge is -2.38. The first-order chi connectivity index (χ1) is 13.6. The number of hydrogen-bond donors (Lipinski definition) is 1. The fourth-order valence-electron chi connectivity index (χ4n) is 3.90. The van der Waals surface area contributed by atoms with Gasteiger partial charge in [0.2, 0.25) is 0 Å². The molecular weight excluding hydrogens is 358 g/mol. The highest BCUT2D eigenvalue weighted by atomic mass is 16.5. The molecule has 2 aromatic rings. The molecule has 1 saturated heterocycles.